The lowest BCUT2D eigenvalue weighted by Gasteiger charge is -2.15. The predicted octanol–water partition coefficient (Wildman–Crippen LogP) is 6.60. The third-order valence-corrected chi connectivity index (χ3v) is 6.38. The molecule has 0 radical (unpaired) electrons. The van der Waals surface area contributed by atoms with Gasteiger partial charge < -0.3 is 19.2 Å². The Labute approximate surface area is 197 Å². The summed E-state index contributed by atoms with van der Waals surface area (Å²) in [6, 6.07) is 13.9. The molecule has 0 saturated carbocycles. The smallest absolute Gasteiger partial charge is 0.244 e. The van der Waals surface area contributed by atoms with E-state index < -0.39 is 0 Å². The van der Waals surface area contributed by atoms with Crippen molar-refractivity contribution >= 4 is 33.8 Å². The van der Waals surface area contributed by atoms with Crippen LogP contribution in [0, 0.1) is 6.92 Å². The fourth-order valence-electron chi connectivity index (χ4n) is 3.87. The molecule has 0 aliphatic rings. The van der Waals surface area contributed by atoms with E-state index in [9.17, 15) is 4.79 Å². The molecule has 4 aromatic rings. The molecule has 0 spiro atoms. The first-order valence-corrected chi connectivity index (χ1v) is 11.7. The first-order valence-electron chi connectivity index (χ1n) is 10.8. The summed E-state index contributed by atoms with van der Waals surface area (Å²) in [6.45, 7) is 6.89. The van der Waals surface area contributed by atoms with Crippen molar-refractivity contribution in [2.45, 2.75) is 27.3 Å². The van der Waals surface area contributed by atoms with Crippen molar-refractivity contribution in [2.24, 2.45) is 0 Å². The molecule has 33 heavy (non-hydrogen) atoms. The first-order chi connectivity index (χ1) is 16.0. The molecular weight excluding hydrogens is 434 g/mol. The minimum Gasteiger partial charge on any atom is -0.497 e. The number of carbonyl (C=O) groups is 1. The number of ether oxygens (including phenoxy) is 2. The number of carbonyl (C=O) groups excluding carboxylic acids is 1. The van der Waals surface area contributed by atoms with E-state index in [4.69, 9.17) is 13.9 Å². The predicted molar refractivity (Wildman–Crippen MR) is 134 cm³/mol. The number of thiophene rings is 1. The van der Waals surface area contributed by atoms with Crippen LogP contribution in [0.4, 0.5) is 0 Å². The molecule has 0 aliphatic heterocycles. The Morgan fingerprint density at radius 3 is 2.79 bits per heavy atom. The van der Waals surface area contributed by atoms with Crippen molar-refractivity contribution in [3.8, 4) is 22.6 Å². The van der Waals surface area contributed by atoms with Crippen molar-refractivity contribution in [1.29, 1.82) is 0 Å². The number of methoxy groups -OCH3 is 1. The molecule has 1 N–H and O–H groups in total. The molecule has 0 unspecified atom stereocenters. The van der Waals surface area contributed by atoms with Gasteiger partial charge in [0.15, 0.2) is 0 Å². The fraction of sp³-hybridized carbons (Fsp3) is 0.222. The van der Waals surface area contributed by atoms with Gasteiger partial charge in [0.2, 0.25) is 5.91 Å². The summed E-state index contributed by atoms with van der Waals surface area (Å²) in [5.41, 5.74) is 5.34. The SMILES string of the molecule is CCOc1c(/C(C)=C/C(=O)NCc2cccs2)cc2c(-c3cccc(OC)c3)coc2c1C. The highest BCUT2D eigenvalue weighted by atomic mass is 32.1. The van der Waals surface area contributed by atoms with Gasteiger partial charge in [-0.25, -0.2) is 0 Å². The van der Waals surface area contributed by atoms with Gasteiger partial charge in [-0.15, -0.1) is 11.3 Å². The molecule has 0 atom stereocenters. The van der Waals surface area contributed by atoms with Crippen LogP contribution >= 0.6 is 11.3 Å². The van der Waals surface area contributed by atoms with Crippen LogP contribution in [-0.2, 0) is 11.3 Å². The Balaban J connectivity index is 1.75. The Bertz CT molecular complexity index is 1300. The standard InChI is InChI=1S/C27H27NO4S/c1-5-31-26-18(3)27-23(24(16-32-27)19-8-6-9-20(13-19)30-4)14-22(26)17(2)12-25(29)28-15-21-10-7-11-33-21/h6-14,16H,5,15H2,1-4H3,(H,28,29)/b17-12+. The van der Waals surface area contributed by atoms with Crippen LogP contribution in [0.15, 0.2) is 64.6 Å². The maximum atomic E-state index is 12.6. The van der Waals surface area contributed by atoms with E-state index in [1.807, 2.05) is 68.6 Å². The Morgan fingerprint density at radius 1 is 1.21 bits per heavy atom. The highest BCUT2D eigenvalue weighted by molar-refractivity contribution is 7.09. The monoisotopic (exact) mass is 461 g/mol. The summed E-state index contributed by atoms with van der Waals surface area (Å²) in [7, 11) is 1.65. The van der Waals surface area contributed by atoms with Gasteiger partial charge in [0.25, 0.3) is 0 Å². The quantitative estimate of drug-likeness (QED) is 0.301. The fourth-order valence-corrected chi connectivity index (χ4v) is 4.51. The van der Waals surface area contributed by atoms with Crippen molar-refractivity contribution in [3.63, 3.8) is 0 Å². The molecule has 2 aromatic carbocycles. The molecule has 0 aliphatic carbocycles. The van der Waals surface area contributed by atoms with Crippen LogP contribution in [0.25, 0.3) is 27.7 Å². The van der Waals surface area contributed by atoms with Crippen molar-refractivity contribution in [3.05, 3.63) is 76.2 Å². The van der Waals surface area contributed by atoms with Crippen LogP contribution in [0.3, 0.4) is 0 Å². The average molecular weight is 462 g/mol. The van der Waals surface area contributed by atoms with Crippen LogP contribution in [0.5, 0.6) is 11.5 Å². The minimum atomic E-state index is -0.138. The summed E-state index contributed by atoms with van der Waals surface area (Å²) in [5, 5.41) is 5.92. The van der Waals surface area contributed by atoms with Gasteiger partial charge in [-0.05, 0) is 61.6 Å². The molecule has 2 aromatic heterocycles. The zero-order chi connectivity index (χ0) is 23.4. The number of amides is 1. The molecule has 0 fully saturated rings. The maximum absolute atomic E-state index is 12.6. The maximum Gasteiger partial charge on any atom is 0.244 e. The molecule has 5 nitrogen and oxygen atoms in total. The summed E-state index contributed by atoms with van der Waals surface area (Å²) in [6.07, 6.45) is 3.39. The van der Waals surface area contributed by atoms with Crippen LogP contribution in [0.2, 0.25) is 0 Å². The molecule has 0 bridgehead atoms. The van der Waals surface area contributed by atoms with E-state index >= 15 is 0 Å². The number of rotatable bonds is 8. The van der Waals surface area contributed by atoms with Gasteiger partial charge in [0.05, 0.1) is 26.5 Å². The normalized spacial score (nSPS) is 11.6. The zero-order valence-corrected chi connectivity index (χ0v) is 20.0. The van der Waals surface area contributed by atoms with E-state index in [0.717, 1.165) is 55.2 Å². The number of allylic oxidation sites excluding steroid dienone is 1. The van der Waals surface area contributed by atoms with Gasteiger partial charge in [0.1, 0.15) is 17.1 Å². The molecule has 2 heterocycles. The lowest BCUT2D eigenvalue weighted by molar-refractivity contribution is -0.116. The van der Waals surface area contributed by atoms with Crippen molar-refractivity contribution < 1.29 is 18.7 Å². The molecular formula is C27H27NO4S. The topological polar surface area (TPSA) is 60.7 Å². The van der Waals surface area contributed by atoms with Gasteiger partial charge in [-0.1, -0.05) is 18.2 Å². The van der Waals surface area contributed by atoms with Crippen molar-refractivity contribution in [2.75, 3.05) is 13.7 Å². The molecule has 0 saturated heterocycles. The first kappa shape index (κ1) is 22.7. The summed E-state index contributed by atoms with van der Waals surface area (Å²) < 4.78 is 17.4. The third-order valence-electron chi connectivity index (χ3n) is 5.50. The van der Waals surface area contributed by atoms with Gasteiger partial charge >= 0.3 is 0 Å². The van der Waals surface area contributed by atoms with Gasteiger partial charge in [0, 0.05) is 33.0 Å². The average Bonchev–Trinajstić information content (AvgIpc) is 3.49. The van der Waals surface area contributed by atoms with E-state index in [1.54, 1.807) is 30.8 Å². The Hall–Kier alpha value is -3.51. The van der Waals surface area contributed by atoms with Crippen molar-refractivity contribution in [1.82, 2.24) is 5.32 Å². The third kappa shape index (κ3) is 4.81. The van der Waals surface area contributed by atoms with E-state index in [2.05, 4.69) is 5.32 Å². The number of furan rings is 1. The minimum absolute atomic E-state index is 0.138. The number of fused-ring (bicyclic) bond motifs is 1. The largest absolute Gasteiger partial charge is 0.497 e. The van der Waals surface area contributed by atoms with Crippen LogP contribution in [-0.4, -0.2) is 19.6 Å². The summed E-state index contributed by atoms with van der Waals surface area (Å²) in [5.74, 6) is 1.38. The molecule has 170 valence electrons. The number of aryl methyl sites for hydroxylation is 1. The Morgan fingerprint density at radius 2 is 2.06 bits per heavy atom. The Kier molecular flexibility index (Phi) is 6.84. The summed E-state index contributed by atoms with van der Waals surface area (Å²) >= 11 is 1.62. The second kappa shape index (κ2) is 9.96. The second-order valence-corrected chi connectivity index (χ2v) is 8.73. The van der Waals surface area contributed by atoms with Crippen LogP contribution < -0.4 is 14.8 Å². The number of hydrogen-bond donors (Lipinski definition) is 1. The highest BCUT2D eigenvalue weighted by Crippen LogP contribution is 2.41. The van der Waals surface area contributed by atoms with E-state index in [-0.39, 0.29) is 5.91 Å². The highest BCUT2D eigenvalue weighted by Gasteiger charge is 2.19. The summed E-state index contributed by atoms with van der Waals surface area (Å²) in [4.78, 5) is 13.7. The van der Waals surface area contributed by atoms with Gasteiger partial charge in [-0.3, -0.25) is 4.79 Å². The second-order valence-electron chi connectivity index (χ2n) is 7.69. The molecule has 4 rings (SSSR count). The molecule has 1 amide bonds. The zero-order valence-electron chi connectivity index (χ0n) is 19.2. The number of hydrogen-bond acceptors (Lipinski definition) is 5. The van der Waals surface area contributed by atoms with E-state index in [0.29, 0.717) is 13.2 Å². The molecule has 6 heteroatoms. The van der Waals surface area contributed by atoms with Crippen LogP contribution in [0.1, 0.15) is 29.9 Å². The lowest BCUT2D eigenvalue weighted by atomic mass is 9.96. The van der Waals surface area contributed by atoms with E-state index in [1.165, 1.54) is 0 Å². The van der Waals surface area contributed by atoms with Gasteiger partial charge in [-0.2, -0.15) is 0 Å². The number of nitrogens with one attached hydrogen (secondary N) is 1. The lowest BCUT2D eigenvalue weighted by Crippen LogP contribution is -2.20. The number of benzene rings is 2.